The van der Waals surface area contributed by atoms with Crippen LogP contribution in [0.15, 0.2) is 53.4 Å². The van der Waals surface area contributed by atoms with Crippen LogP contribution in [0.25, 0.3) is 0 Å². The van der Waals surface area contributed by atoms with Gasteiger partial charge in [-0.25, -0.2) is 8.42 Å². The molecule has 2 rings (SSSR count). The van der Waals surface area contributed by atoms with Gasteiger partial charge in [-0.2, -0.15) is 0 Å². The van der Waals surface area contributed by atoms with E-state index in [1.54, 1.807) is 0 Å². The fourth-order valence-corrected chi connectivity index (χ4v) is 3.16. The Morgan fingerprint density at radius 1 is 1.17 bits per heavy atom. The van der Waals surface area contributed by atoms with Crippen molar-refractivity contribution in [1.29, 1.82) is 0 Å². The number of hydrogen-bond donors (Lipinski definition) is 1. The van der Waals surface area contributed by atoms with Gasteiger partial charge in [0.05, 0.1) is 15.5 Å². The summed E-state index contributed by atoms with van der Waals surface area (Å²) in [6.07, 6.45) is 2.72. The zero-order valence-corrected chi connectivity index (χ0v) is 15.2. The van der Waals surface area contributed by atoms with E-state index in [1.165, 1.54) is 23.8 Å². The lowest BCUT2D eigenvalue weighted by atomic mass is 10.1. The smallest absolute Gasteiger partial charge is 0.253 e. The van der Waals surface area contributed by atoms with Gasteiger partial charge in [-0.1, -0.05) is 41.9 Å². The third kappa shape index (κ3) is 5.08. The summed E-state index contributed by atoms with van der Waals surface area (Å²) >= 11 is 6.04. The number of halogens is 1. The van der Waals surface area contributed by atoms with E-state index in [-0.39, 0.29) is 27.4 Å². The molecule has 1 atom stereocenters. The predicted molar refractivity (Wildman–Crippen MR) is 96.3 cm³/mol. The Kier molecular flexibility index (Phi) is 6.02. The van der Waals surface area contributed by atoms with E-state index in [9.17, 15) is 13.2 Å². The second-order valence-electron chi connectivity index (χ2n) is 5.81. The largest absolute Gasteiger partial charge is 0.350 e. The Labute approximate surface area is 147 Å². The molecule has 0 fully saturated rings. The lowest BCUT2D eigenvalue weighted by Gasteiger charge is -2.15. The zero-order valence-electron chi connectivity index (χ0n) is 13.6. The van der Waals surface area contributed by atoms with Crippen LogP contribution >= 0.6 is 11.6 Å². The van der Waals surface area contributed by atoms with Gasteiger partial charge in [0.15, 0.2) is 9.84 Å². The minimum absolute atomic E-state index is 0.0596. The van der Waals surface area contributed by atoms with E-state index in [4.69, 9.17) is 11.6 Å². The molecule has 24 heavy (non-hydrogen) atoms. The van der Waals surface area contributed by atoms with Crippen LogP contribution in [-0.4, -0.2) is 26.6 Å². The summed E-state index contributed by atoms with van der Waals surface area (Å²) in [5.74, 6) is -0.369. The molecular formula is C18H20ClNO3S. The summed E-state index contributed by atoms with van der Waals surface area (Å²) in [5.41, 5.74) is 1.38. The monoisotopic (exact) mass is 365 g/mol. The lowest BCUT2D eigenvalue weighted by Crippen LogP contribution is -2.33. The van der Waals surface area contributed by atoms with Crippen LogP contribution in [0.2, 0.25) is 5.02 Å². The number of sulfone groups is 1. The maximum Gasteiger partial charge on any atom is 0.253 e. The fraction of sp³-hybridized carbons (Fsp3) is 0.278. The molecule has 0 heterocycles. The van der Waals surface area contributed by atoms with Crippen molar-refractivity contribution in [2.24, 2.45) is 0 Å². The van der Waals surface area contributed by atoms with Crippen molar-refractivity contribution >= 4 is 27.3 Å². The Bertz CT molecular complexity index is 819. The number of benzene rings is 2. The van der Waals surface area contributed by atoms with Crippen molar-refractivity contribution in [3.8, 4) is 0 Å². The molecule has 0 aliphatic rings. The number of nitrogens with one attached hydrogen (secondary N) is 1. The Balaban J connectivity index is 2.04. The summed E-state index contributed by atoms with van der Waals surface area (Å²) in [4.78, 5) is 12.5. The van der Waals surface area contributed by atoms with Gasteiger partial charge in [-0.05, 0) is 43.5 Å². The Hall–Kier alpha value is -1.85. The Morgan fingerprint density at radius 2 is 1.83 bits per heavy atom. The normalized spacial score (nSPS) is 12.6. The van der Waals surface area contributed by atoms with E-state index in [1.807, 2.05) is 37.3 Å². The van der Waals surface area contributed by atoms with Gasteiger partial charge in [0.25, 0.3) is 5.91 Å². The van der Waals surface area contributed by atoms with Gasteiger partial charge < -0.3 is 5.32 Å². The van der Waals surface area contributed by atoms with Crippen LogP contribution in [0.1, 0.15) is 29.3 Å². The van der Waals surface area contributed by atoms with Gasteiger partial charge in [0, 0.05) is 12.3 Å². The van der Waals surface area contributed by atoms with E-state index < -0.39 is 9.84 Å². The molecule has 0 spiro atoms. The SMILES string of the molecule is CC(CCc1ccccc1)NC(=O)c1cc(S(C)(=O)=O)ccc1Cl. The summed E-state index contributed by atoms with van der Waals surface area (Å²) in [5, 5.41) is 3.10. The number of carbonyl (C=O) groups excluding carboxylic acids is 1. The van der Waals surface area contributed by atoms with E-state index in [0.29, 0.717) is 0 Å². The van der Waals surface area contributed by atoms with Crippen molar-refractivity contribution in [3.63, 3.8) is 0 Å². The van der Waals surface area contributed by atoms with Crippen LogP contribution < -0.4 is 5.32 Å². The van der Waals surface area contributed by atoms with Gasteiger partial charge in [0.1, 0.15) is 0 Å². The van der Waals surface area contributed by atoms with Crippen molar-refractivity contribution < 1.29 is 13.2 Å². The summed E-state index contributed by atoms with van der Waals surface area (Å²) in [6, 6.07) is 14.1. The molecule has 0 aromatic heterocycles. The maximum absolute atomic E-state index is 12.4. The first-order chi connectivity index (χ1) is 11.3. The van der Waals surface area contributed by atoms with Crippen LogP contribution in [0.3, 0.4) is 0 Å². The minimum atomic E-state index is -3.39. The quantitative estimate of drug-likeness (QED) is 0.852. The highest BCUT2D eigenvalue weighted by Crippen LogP contribution is 2.20. The highest BCUT2D eigenvalue weighted by atomic mass is 35.5. The molecule has 2 aromatic carbocycles. The molecule has 6 heteroatoms. The molecule has 2 aromatic rings. The lowest BCUT2D eigenvalue weighted by molar-refractivity contribution is 0.0938. The van der Waals surface area contributed by atoms with Crippen molar-refractivity contribution in [3.05, 3.63) is 64.7 Å². The summed E-state index contributed by atoms with van der Waals surface area (Å²) in [6.45, 7) is 1.91. The molecule has 1 amide bonds. The zero-order chi connectivity index (χ0) is 17.7. The van der Waals surface area contributed by atoms with Gasteiger partial charge in [-0.15, -0.1) is 0 Å². The molecule has 0 aliphatic carbocycles. The van der Waals surface area contributed by atoms with Crippen LogP contribution in [0.4, 0.5) is 0 Å². The minimum Gasteiger partial charge on any atom is -0.350 e. The average Bonchev–Trinajstić information content (AvgIpc) is 2.53. The standard InChI is InChI=1S/C18H20ClNO3S/c1-13(8-9-14-6-4-3-5-7-14)20-18(21)16-12-15(24(2,22)23)10-11-17(16)19/h3-7,10-13H,8-9H2,1-2H3,(H,20,21). The average molecular weight is 366 g/mol. The molecule has 0 saturated heterocycles. The number of amides is 1. The highest BCUT2D eigenvalue weighted by molar-refractivity contribution is 7.90. The van der Waals surface area contributed by atoms with Crippen molar-refractivity contribution in [2.75, 3.05) is 6.26 Å². The second kappa shape index (κ2) is 7.81. The summed E-state index contributed by atoms with van der Waals surface area (Å²) < 4.78 is 23.3. The first-order valence-corrected chi connectivity index (χ1v) is 9.88. The molecule has 1 N–H and O–H groups in total. The first-order valence-electron chi connectivity index (χ1n) is 7.62. The Morgan fingerprint density at radius 3 is 2.46 bits per heavy atom. The molecule has 0 bridgehead atoms. The molecule has 0 radical (unpaired) electrons. The van der Waals surface area contributed by atoms with Crippen LogP contribution in [0, 0.1) is 0 Å². The maximum atomic E-state index is 12.4. The fourth-order valence-electron chi connectivity index (χ4n) is 2.31. The first kappa shape index (κ1) is 18.5. The second-order valence-corrected chi connectivity index (χ2v) is 8.24. The van der Waals surface area contributed by atoms with E-state index in [0.717, 1.165) is 19.1 Å². The van der Waals surface area contributed by atoms with Crippen LogP contribution in [0.5, 0.6) is 0 Å². The highest BCUT2D eigenvalue weighted by Gasteiger charge is 2.17. The topological polar surface area (TPSA) is 63.2 Å². The third-order valence-electron chi connectivity index (χ3n) is 3.70. The number of carbonyl (C=O) groups is 1. The third-order valence-corrected chi connectivity index (χ3v) is 5.14. The predicted octanol–water partition coefficient (Wildman–Crippen LogP) is 3.49. The molecule has 4 nitrogen and oxygen atoms in total. The van der Waals surface area contributed by atoms with Crippen LogP contribution in [-0.2, 0) is 16.3 Å². The summed E-state index contributed by atoms with van der Waals surface area (Å²) in [7, 11) is -3.39. The van der Waals surface area contributed by atoms with Gasteiger partial charge in [0.2, 0.25) is 0 Å². The van der Waals surface area contributed by atoms with Crippen molar-refractivity contribution in [1.82, 2.24) is 5.32 Å². The number of hydrogen-bond acceptors (Lipinski definition) is 3. The molecule has 128 valence electrons. The number of rotatable bonds is 6. The molecular weight excluding hydrogens is 346 g/mol. The molecule has 0 saturated carbocycles. The van der Waals surface area contributed by atoms with Gasteiger partial charge >= 0.3 is 0 Å². The van der Waals surface area contributed by atoms with Gasteiger partial charge in [-0.3, -0.25) is 4.79 Å². The molecule has 1 unspecified atom stereocenters. The van der Waals surface area contributed by atoms with Crippen molar-refractivity contribution in [2.45, 2.75) is 30.7 Å². The van der Waals surface area contributed by atoms with E-state index >= 15 is 0 Å². The van der Waals surface area contributed by atoms with E-state index in [2.05, 4.69) is 5.32 Å². The molecule has 0 aliphatic heterocycles. The number of aryl methyl sites for hydroxylation is 1.